The van der Waals surface area contributed by atoms with Crippen molar-refractivity contribution in [3.63, 3.8) is 0 Å². The summed E-state index contributed by atoms with van der Waals surface area (Å²) in [6.07, 6.45) is 5.38. The first-order valence-corrected chi connectivity index (χ1v) is 10.4. The monoisotopic (exact) mass is 436 g/mol. The summed E-state index contributed by atoms with van der Waals surface area (Å²) in [5, 5.41) is 0. The third-order valence-corrected chi connectivity index (χ3v) is 5.76. The number of methoxy groups -OCH3 is 1. The van der Waals surface area contributed by atoms with E-state index in [1.807, 2.05) is 19.1 Å². The van der Waals surface area contributed by atoms with E-state index in [0.29, 0.717) is 17.7 Å². The lowest BCUT2D eigenvalue weighted by Crippen LogP contribution is -2.32. The van der Waals surface area contributed by atoms with Gasteiger partial charge in [-0.2, -0.15) is 0 Å². The number of hydrogen-bond donors (Lipinski definition) is 0. The van der Waals surface area contributed by atoms with Gasteiger partial charge in [-0.05, 0) is 42.8 Å². The van der Waals surface area contributed by atoms with Crippen LogP contribution in [-0.4, -0.2) is 43.3 Å². The quantitative estimate of drug-likeness (QED) is 0.310. The van der Waals surface area contributed by atoms with Crippen molar-refractivity contribution in [3.05, 3.63) is 71.4 Å². The van der Waals surface area contributed by atoms with Gasteiger partial charge in [-0.15, -0.1) is 0 Å². The van der Waals surface area contributed by atoms with Gasteiger partial charge in [0, 0.05) is 30.1 Å². The molecule has 7 heteroatoms. The highest BCUT2D eigenvalue weighted by Gasteiger charge is 2.46. The van der Waals surface area contributed by atoms with Crippen LogP contribution in [0.1, 0.15) is 25.3 Å². The highest BCUT2D eigenvalue weighted by Crippen LogP contribution is 2.38. The predicted molar refractivity (Wildman–Crippen MR) is 115 cm³/mol. The Morgan fingerprint density at radius 1 is 1.09 bits per heavy atom. The molecule has 3 aliphatic rings. The second-order valence-corrected chi connectivity index (χ2v) is 8.06. The average molecular weight is 436 g/mol. The van der Waals surface area contributed by atoms with Crippen LogP contribution >= 0.6 is 0 Å². The average Bonchev–Trinajstić information content (AvgIpc) is 3.23. The molecule has 2 aliphatic heterocycles. The smallest absolute Gasteiger partial charge is 0.334 e. The van der Waals surface area contributed by atoms with Crippen LogP contribution in [0.5, 0.6) is 5.75 Å². The molecule has 1 aromatic rings. The predicted octanol–water partition coefficient (Wildman–Crippen LogP) is 3.31. The summed E-state index contributed by atoms with van der Waals surface area (Å²) in [7, 11) is 1.58. The first-order valence-electron chi connectivity index (χ1n) is 10.4. The molecule has 0 saturated carbocycles. The molecule has 1 fully saturated rings. The van der Waals surface area contributed by atoms with Crippen molar-refractivity contribution in [2.45, 2.75) is 38.1 Å². The van der Waals surface area contributed by atoms with E-state index in [0.717, 1.165) is 11.1 Å². The highest BCUT2D eigenvalue weighted by molar-refractivity contribution is 5.93. The second kappa shape index (κ2) is 8.86. The fraction of sp³-hybridized carbons (Fsp3) is 0.320. The molecule has 2 bridgehead atoms. The van der Waals surface area contributed by atoms with Crippen LogP contribution in [0.2, 0.25) is 0 Å². The van der Waals surface area contributed by atoms with Gasteiger partial charge in [-0.1, -0.05) is 24.3 Å². The summed E-state index contributed by atoms with van der Waals surface area (Å²) in [5.41, 5.74) is 2.36. The molecule has 0 spiro atoms. The Hall–Kier alpha value is -3.61. The van der Waals surface area contributed by atoms with E-state index in [1.165, 1.54) is 6.08 Å². The van der Waals surface area contributed by atoms with Crippen LogP contribution in [0, 0.1) is 5.92 Å². The first-order chi connectivity index (χ1) is 15.3. The molecule has 166 valence electrons. The van der Waals surface area contributed by atoms with Gasteiger partial charge in [0.15, 0.2) is 0 Å². The largest absolute Gasteiger partial charge is 0.497 e. The van der Waals surface area contributed by atoms with Crippen LogP contribution in [0.3, 0.4) is 0 Å². The van der Waals surface area contributed by atoms with Gasteiger partial charge in [-0.25, -0.2) is 14.4 Å². The maximum atomic E-state index is 12.6. The summed E-state index contributed by atoms with van der Waals surface area (Å²) in [5.74, 6) is -1.40. The summed E-state index contributed by atoms with van der Waals surface area (Å²) >= 11 is 0. The fourth-order valence-electron chi connectivity index (χ4n) is 4.16. The molecule has 2 heterocycles. The maximum Gasteiger partial charge on any atom is 0.334 e. The van der Waals surface area contributed by atoms with Gasteiger partial charge in [0.25, 0.3) is 0 Å². The maximum absolute atomic E-state index is 12.6. The van der Waals surface area contributed by atoms with Crippen molar-refractivity contribution in [2.75, 3.05) is 7.11 Å². The van der Waals surface area contributed by atoms with Crippen LogP contribution in [0.25, 0.3) is 6.08 Å². The number of esters is 3. The van der Waals surface area contributed by atoms with Crippen molar-refractivity contribution < 1.29 is 33.3 Å². The Morgan fingerprint density at radius 3 is 2.56 bits per heavy atom. The standard InChI is InChI=1S/C25H24O7/c1-14-10-19-12-17(25(28)30-19)13-21-23(15(2)24(27)32-21)20(11-14)31-22(26)9-6-16-4-7-18(29-3)8-5-16/h4-9,11-12,19-21,23H,2,10,13H2,1,3H3/b9-6+,14-11+/t19-,20-,21+,23+/m1/s1. The Morgan fingerprint density at radius 2 is 1.84 bits per heavy atom. The molecular weight excluding hydrogens is 412 g/mol. The Kier molecular flexibility index (Phi) is 5.99. The summed E-state index contributed by atoms with van der Waals surface area (Å²) in [6, 6.07) is 7.22. The van der Waals surface area contributed by atoms with Gasteiger partial charge < -0.3 is 18.9 Å². The van der Waals surface area contributed by atoms with Crippen molar-refractivity contribution in [2.24, 2.45) is 5.92 Å². The highest BCUT2D eigenvalue weighted by atomic mass is 16.6. The van der Waals surface area contributed by atoms with Gasteiger partial charge in [0.05, 0.1) is 13.0 Å². The number of ether oxygens (including phenoxy) is 4. The Balaban J connectivity index is 1.56. The molecule has 0 radical (unpaired) electrons. The normalized spacial score (nSPS) is 28.9. The molecule has 0 amide bonds. The van der Waals surface area contributed by atoms with E-state index in [1.54, 1.807) is 37.5 Å². The fourth-order valence-corrected chi connectivity index (χ4v) is 4.16. The number of fused-ring (bicyclic) bond motifs is 2. The third-order valence-electron chi connectivity index (χ3n) is 5.76. The number of hydrogen-bond acceptors (Lipinski definition) is 7. The molecule has 32 heavy (non-hydrogen) atoms. The third kappa shape index (κ3) is 4.51. The first kappa shape index (κ1) is 21.6. The Bertz CT molecular complexity index is 1040. The molecule has 7 nitrogen and oxygen atoms in total. The van der Waals surface area contributed by atoms with Gasteiger partial charge in [-0.3, -0.25) is 0 Å². The van der Waals surface area contributed by atoms with Crippen molar-refractivity contribution in [1.29, 1.82) is 0 Å². The molecule has 0 unspecified atom stereocenters. The number of rotatable bonds is 4. The minimum atomic E-state index is -0.764. The lowest BCUT2D eigenvalue weighted by molar-refractivity contribution is -0.145. The molecule has 4 rings (SSSR count). The van der Waals surface area contributed by atoms with Crippen LogP contribution in [0.15, 0.2) is 65.8 Å². The minimum absolute atomic E-state index is 0.188. The van der Waals surface area contributed by atoms with Crippen molar-refractivity contribution in [1.82, 2.24) is 0 Å². The lowest BCUT2D eigenvalue weighted by atomic mass is 9.85. The molecule has 0 N–H and O–H groups in total. The zero-order valence-corrected chi connectivity index (χ0v) is 17.9. The van der Waals surface area contributed by atoms with Gasteiger partial charge in [0.1, 0.15) is 24.1 Å². The van der Waals surface area contributed by atoms with Crippen molar-refractivity contribution in [3.8, 4) is 5.75 Å². The molecule has 1 saturated heterocycles. The molecule has 0 aromatic heterocycles. The van der Waals surface area contributed by atoms with Crippen LogP contribution in [-0.2, 0) is 28.6 Å². The minimum Gasteiger partial charge on any atom is -0.497 e. The summed E-state index contributed by atoms with van der Waals surface area (Å²) in [4.78, 5) is 37.1. The Labute approximate surface area is 186 Å². The van der Waals surface area contributed by atoms with Gasteiger partial charge in [0.2, 0.25) is 0 Å². The number of carbonyl (C=O) groups is 3. The molecule has 4 atom stereocenters. The molecule has 1 aromatic carbocycles. The van der Waals surface area contributed by atoms with E-state index in [-0.39, 0.29) is 18.1 Å². The lowest BCUT2D eigenvalue weighted by Gasteiger charge is -2.25. The molecular formula is C25H24O7. The number of carbonyl (C=O) groups excluding carboxylic acids is 3. The zero-order valence-electron chi connectivity index (χ0n) is 17.9. The van der Waals surface area contributed by atoms with E-state index >= 15 is 0 Å². The SMILES string of the molecule is C=C1C(=O)O[C@H]2CC3=C[C@@H](C/C(C)=C/[C@@H](OC(=O)/C=C/c4ccc(OC)cc4)[C@H]12)OC3=O. The van der Waals surface area contributed by atoms with Crippen LogP contribution < -0.4 is 4.74 Å². The molecule has 1 aliphatic carbocycles. The summed E-state index contributed by atoms with van der Waals surface area (Å²) in [6.45, 7) is 5.72. The number of benzene rings is 1. The van der Waals surface area contributed by atoms with Crippen molar-refractivity contribution >= 4 is 24.0 Å². The van der Waals surface area contributed by atoms with Crippen LogP contribution in [0.4, 0.5) is 0 Å². The van der Waals surface area contributed by atoms with E-state index in [2.05, 4.69) is 6.58 Å². The topological polar surface area (TPSA) is 88.1 Å². The van der Waals surface area contributed by atoms with E-state index in [9.17, 15) is 14.4 Å². The second-order valence-electron chi connectivity index (χ2n) is 8.06. The zero-order chi connectivity index (χ0) is 22.8. The van der Waals surface area contributed by atoms with E-state index in [4.69, 9.17) is 18.9 Å². The summed E-state index contributed by atoms with van der Waals surface area (Å²) < 4.78 is 21.7. The van der Waals surface area contributed by atoms with E-state index < -0.39 is 36.0 Å². The van der Waals surface area contributed by atoms with Gasteiger partial charge >= 0.3 is 17.9 Å².